The van der Waals surface area contributed by atoms with Gasteiger partial charge in [-0.15, -0.1) is 0 Å². The average Bonchev–Trinajstić information content (AvgIpc) is 2.64. The van der Waals surface area contributed by atoms with Gasteiger partial charge in [-0.1, -0.05) is 67.9 Å². The van der Waals surface area contributed by atoms with Crippen molar-refractivity contribution in [3.8, 4) is 0 Å². The standard InChI is InChI=1S/C15H33Cl3N3O3P3/c1-4-7-10-13-22-21-25(23-14-11-8-5-2)19-27(17,18)20(16)26(21)24-15-12-9-6-3/h4-15H2,1-3H3. The molecule has 2 atom stereocenters. The summed E-state index contributed by atoms with van der Waals surface area (Å²) in [5.41, 5.74) is 0. The van der Waals surface area contributed by atoms with Gasteiger partial charge in [0.15, 0.2) is 0 Å². The lowest BCUT2D eigenvalue weighted by Crippen LogP contribution is -2.23. The molecule has 0 saturated carbocycles. The van der Waals surface area contributed by atoms with Crippen LogP contribution in [0.4, 0.5) is 0 Å². The van der Waals surface area contributed by atoms with E-state index in [0.29, 0.717) is 19.8 Å². The van der Waals surface area contributed by atoms with Gasteiger partial charge in [0.1, 0.15) is 0 Å². The highest BCUT2D eigenvalue weighted by atomic mass is 35.9. The van der Waals surface area contributed by atoms with Crippen LogP contribution >= 0.6 is 57.1 Å². The van der Waals surface area contributed by atoms with Crippen LogP contribution in [-0.2, 0) is 13.9 Å². The Kier molecular flexibility index (Phi) is 15.4. The molecule has 0 bridgehead atoms. The second-order valence-corrected chi connectivity index (χ2v) is 15.6. The molecule has 27 heavy (non-hydrogen) atoms. The molecule has 0 N–H and O–H groups in total. The first kappa shape index (κ1) is 26.8. The molecule has 2 unspecified atom stereocenters. The zero-order valence-electron chi connectivity index (χ0n) is 16.5. The van der Waals surface area contributed by atoms with E-state index in [2.05, 4.69) is 25.3 Å². The van der Waals surface area contributed by atoms with E-state index in [0.717, 1.165) is 57.8 Å². The summed E-state index contributed by atoms with van der Waals surface area (Å²) in [7, 11) is -2.93. The predicted molar refractivity (Wildman–Crippen MR) is 121 cm³/mol. The second kappa shape index (κ2) is 15.5. The molecule has 0 aliphatic carbocycles. The smallest absolute Gasteiger partial charge is 0.272 e. The molecule has 162 valence electrons. The topological polar surface area (TPSA) is 46.5 Å². The number of unbranched alkanes of at least 4 members (excludes halogenated alkanes) is 6. The van der Waals surface area contributed by atoms with Crippen molar-refractivity contribution < 1.29 is 13.9 Å². The van der Waals surface area contributed by atoms with Crippen LogP contribution in [0.1, 0.15) is 78.6 Å². The summed E-state index contributed by atoms with van der Waals surface area (Å²) in [6.07, 6.45) is 9.53. The Bertz CT molecular complexity index is 449. The maximum Gasteiger partial charge on any atom is 0.272 e. The van der Waals surface area contributed by atoms with Crippen LogP contribution < -0.4 is 0 Å². The van der Waals surface area contributed by atoms with Gasteiger partial charge in [-0.2, -0.15) is 4.52 Å². The maximum absolute atomic E-state index is 6.44. The normalized spacial score (nSPS) is 23.5. The Morgan fingerprint density at radius 1 is 0.815 bits per heavy atom. The number of hydrogen-bond acceptors (Lipinski definition) is 6. The van der Waals surface area contributed by atoms with Gasteiger partial charge in [-0.05, 0) is 53.5 Å². The first-order valence-corrected chi connectivity index (χ1v) is 15.9. The third-order valence-electron chi connectivity index (χ3n) is 3.68. The highest BCUT2D eigenvalue weighted by Gasteiger charge is 2.47. The molecule has 1 rings (SSSR count). The summed E-state index contributed by atoms with van der Waals surface area (Å²) in [5.74, 6) is -2.88. The van der Waals surface area contributed by atoms with Gasteiger partial charge in [0.25, 0.3) is 8.45 Å². The molecule has 1 aliphatic rings. The second-order valence-electron chi connectivity index (χ2n) is 6.16. The average molecular weight is 503 g/mol. The van der Waals surface area contributed by atoms with Crippen LogP contribution in [-0.4, -0.2) is 28.4 Å². The molecular formula is C15H33Cl3N3O3P3. The molecule has 0 aromatic rings. The Labute approximate surface area is 182 Å². The molecule has 12 heteroatoms. The van der Waals surface area contributed by atoms with Crippen LogP contribution in [0.25, 0.3) is 0 Å². The zero-order chi connectivity index (χ0) is 20.1. The van der Waals surface area contributed by atoms with E-state index in [1.165, 1.54) is 3.96 Å². The quantitative estimate of drug-likeness (QED) is 0.127. The molecule has 0 aromatic heterocycles. The third kappa shape index (κ3) is 10.1. The minimum Gasteiger partial charge on any atom is -0.329 e. The summed E-state index contributed by atoms with van der Waals surface area (Å²) in [6, 6.07) is 0. The van der Waals surface area contributed by atoms with Crippen molar-refractivity contribution in [1.29, 1.82) is 0 Å². The van der Waals surface area contributed by atoms with Gasteiger partial charge in [-0.25, -0.2) is 0 Å². The molecule has 0 aromatic carbocycles. The lowest BCUT2D eigenvalue weighted by molar-refractivity contribution is -0.0319. The third-order valence-corrected chi connectivity index (χ3v) is 13.9. The Morgan fingerprint density at radius 2 is 1.33 bits per heavy atom. The monoisotopic (exact) mass is 501 g/mol. The van der Waals surface area contributed by atoms with Crippen LogP contribution in [0.15, 0.2) is 4.52 Å². The Balaban J connectivity index is 2.83. The van der Waals surface area contributed by atoms with Crippen molar-refractivity contribution in [3.63, 3.8) is 0 Å². The van der Waals surface area contributed by atoms with Gasteiger partial charge in [0.05, 0.1) is 19.8 Å². The van der Waals surface area contributed by atoms with E-state index in [9.17, 15) is 0 Å². The number of halogens is 3. The predicted octanol–water partition coefficient (Wildman–Crippen LogP) is 9.17. The lowest BCUT2D eigenvalue weighted by atomic mass is 10.3. The van der Waals surface area contributed by atoms with Crippen molar-refractivity contribution >= 4 is 57.1 Å². The molecule has 0 fully saturated rings. The SMILES string of the molecule is CCCCCON1P(OCCCCC)N=P(Cl)(Cl)N(Cl)P1OCCCCC. The fraction of sp³-hybridized carbons (Fsp3) is 1.00. The maximum atomic E-state index is 6.44. The molecule has 0 saturated heterocycles. The van der Waals surface area contributed by atoms with E-state index in [-0.39, 0.29) is 0 Å². The highest BCUT2D eigenvalue weighted by Crippen LogP contribution is 2.83. The van der Waals surface area contributed by atoms with Crippen molar-refractivity contribution in [2.45, 2.75) is 78.6 Å². The summed E-state index contributed by atoms with van der Waals surface area (Å²) >= 11 is 19.3. The van der Waals surface area contributed by atoms with E-state index < -0.39 is 22.8 Å². The van der Waals surface area contributed by atoms with Crippen molar-refractivity contribution in [3.05, 3.63) is 0 Å². The molecular weight excluding hydrogens is 469 g/mol. The minimum absolute atomic E-state index is 0.568. The van der Waals surface area contributed by atoms with Gasteiger partial charge < -0.3 is 9.05 Å². The summed E-state index contributed by atoms with van der Waals surface area (Å²) < 4.78 is 19.6. The Hall–Kier alpha value is 1.76. The van der Waals surface area contributed by atoms with Crippen molar-refractivity contribution in [2.75, 3.05) is 19.8 Å². The van der Waals surface area contributed by atoms with Crippen LogP contribution in [0.3, 0.4) is 0 Å². The van der Waals surface area contributed by atoms with Crippen LogP contribution in [0.5, 0.6) is 0 Å². The fourth-order valence-corrected chi connectivity index (χ4v) is 10.8. The van der Waals surface area contributed by atoms with E-state index in [4.69, 9.17) is 48.1 Å². The molecule has 1 heterocycles. The largest absolute Gasteiger partial charge is 0.329 e. The van der Waals surface area contributed by atoms with Gasteiger partial charge in [0.2, 0.25) is 14.4 Å². The van der Waals surface area contributed by atoms with Crippen molar-refractivity contribution in [1.82, 2.24) is 8.56 Å². The molecule has 6 nitrogen and oxygen atoms in total. The first-order chi connectivity index (χ1) is 13.0. The van der Waals surface area contributed by atoms with Gasteiger partial charge in [-0.3, -0.25) is 4.84 Å². The first-order valence-electron chi connectivity index (χ1n) is 9.74. The molecule has 0 radical (unpaired) electrons. The number of hydrogen-bond donors (Lipinski definition) is 0. The molecule has 0 spiro atoms. The summed E-state index contributed by atoms with van der Waals surface area (Å²) in [6.45, 7) is 8.20. The molecule has 1 aliphatic heterocycles. The van der Waals surface area contributed by atoms with Crippen molar-refractivity contribution in [2.24, 2.45) is 4.52 Å². The minimum atomic E-state index is -2.88. The number of nitrogens with zero attached hydrogens (tertiary/aromatic N) is 3. The lowest BCUT2D eigenvalue weighted by Gasteiger charge is -2.40. The van der Waals surface area contributed by atoms with E-state index >= 15 is 0 Å². The van der Waals surface area contributed by atoms with E-state index in [1.54, 1.807) is 4.60 Å². The highest BCUT2D eigenvalue weighted by molar-refractivity contribution is 8.14. The fourth-order valence-electron chi connectivity index (χ4n) is 2.15. The summed E-state index contributed by atoms with van der Waals surface area (Å²) in [5, 5.41) is 0. The van der Waals surface area contributed by atoms with E-state index in [1.807, 2.05) is 0 Å². The zero-order valence-corrected chi connectivity index (χ0v) is 21.5. The molecule has 0 amide bonds. The van der Waals surface area contributed by atoms with Crippen LogP contribution in [0.2, 0.25) is 0 Å². The van der Waals surface area contributed by atoms with Gasteiger partial charge >= 0.3 is 0 Å². The number of rotatable bonds is 15. The summed E-state index contributed by atoms with van der Waals surface area (Å²) in [4.78, 5) is 6.01. The van der Waals surface area contributed by atoms with Crippen LogP contribution in [0, 0.1) is 0 Å². The van der Waals surface area contributed by atoms with Gasteiger partial charge in [0, 0.05) is 0 Å². The Morgan fingerprint density at radius 3 is 1.89 bits per heavy atom.